The van der Waals surface area contributed by atoms with Gasteiger partial charge in [0.15, 0.2) is 5.03 Å². The number of aromatic nitrogens is 1. The van der Waals surface area contributed by atoms with E-state index in [-0.39, 0.29) is 23.4 Å². The van der Waals surface area contributed by atoms with Crippen molar-refractivity contribution < 1.29 is 23.2 Å². The molecule has 10 nitrogen and oxygen atoms in total. The summed E-state index contributed by atoms with van der Waals surface area (Å²) in [6.07, 6.45) is 2.20. The van der Waals surface area contributed by atoms with Gasteiger partial charge in [0, 0.05) is 6.54 Å². The van der Waals surface area contributed by atoms with Crippen molar-refractivity contribution in [1.82, 2.24) is 14.9 Å². The van der Waals surface area contributed by atoms with E-state index in [0.29, 0.717) is 23.7 Å². The van der Waals surface area contributed by atoms with Crippen LogP contribution in [-0.4, -0.2) is 66.2 Å². The predicted molar refractivity (Wildman–Crippen MR) is 82.1 cm³/mol. The third kappa shape index (κ3) is 2.76. The quantitative estimate of drug-likeness (QED) is 0.433. The molecule has 11 heteroatoms. The number of sulfonamides is 1. The molecule has 2 bridgehead atoms. The molecule has 0 aliphatic carbocycles. The van der Waals surface area contributed by atoms with Gasteiger partial charge in [-0.05, 0) is 25.0 Å². The Morgan fingerprint density at radius 3 is 2.83 bits per heavy atom. The first-order chi connectivity index (χ1) is 11.3. The topological polar surface area (TPSA) is 138 Å². The average Bonchev–Trinajstić information content (AvgIpc) is 2.79. The third-order valence-electron chi connectivity index (χ3n) is 4.12. The van der Waals surface area contributed by atoms with Gasteiger partial charge in [-0.25, -0.2) is 14.8 Å². The fourth-order valence-corrected chi connectivity index (χ4v) is 3.76. The number of hydroxylamine groups is 2. The highest BCUT2D eigenvalue weighted by atomic mass is 32.2. The largest absolute Gasteiger partial charge is 0.495 e. The molecule has 2 amide bonds. The molecule has 2 aliphatic heterocycles. The zero-order valence-corrected chi connectivity index (χ0v) is 13.7. The number of amidine groups is 1. The fraction of sp³-hybridized carbons (Fsp3) is 0.462. The van der Waals surface area contributed by atoms with Gasteiger partial charge in [0.05, 0.1) is 25.4 Å². The van der Waals surface area contributed by atoms with Crippen LogP contribution in [0.25, 0.3) is 0 Å². The van der Waals surface area contributed by atoms with Gasteiger partial charge in [-0.1, -0.05) is 0 Å². The smallest absolute Gasteiger partial charge is 0.344 e. The number of piperidine rings is 1. The number of urea groups is 1. The molecule has 0 unspecified atom stereocenters. The Labute approximate surface area is 138 Å². The Morgan fingerprint density at radius 2 is 2.21 bits per heavy atom. The lowest BCUT2D eigenvalue weighted by atomic mass is 10.0. The summed E-state index contributed by atoms with van der Waals surface area (Å²) in [7, 11) is -2.66. The molecule has 2 atom stereocenters. The number of carbonyl (C=O) groups excluding carboxylic acids is 1. The van der Waals surface area contributed by atoms with Crippen LogP contribution < -0.4 is 10.5 Å². The van der Waals surface area contributed by atoms with Crippen LogP contribution >= 0.6 is 0 Å². The monoisotopic (exact) mass is 355 g/mol. The number of carbonyl (C=O) groups is 1. The van der Waals surface area contributed by atoms with Gasteiger partial charge < -0.3 is 15.4 Å². The second-order valence-electron chi connectivity index (χ2n) is 5.55. The molecule has 3 heterocycles. The number of hydrogen-bond donors (Lipinski definition) is 2. The number of nitrogens with two attached hydrogens (primary N) is 1. The normalized spacial score (nSPS) is 24.4. The first-order valence-corrected chi connectivity index (χ1v) is 8.66. The fourth-order valence-electron chi connectivity index (χ4n) is 2.84. The zero-order valence-electron chi connectivity index (χ0n) is 12.9. The lowest BCUT2D eigenvalue weighted by Gasteiger charge is -2.29. The minimum Gasteiger partial charge on any atom is -0.495 e. The molecule has 0 radical (unpaired) electrons. The Kier molecular flexibility index (Phi) is 4.05. The van der Waals surface area contributed by atoms with Crippen molar-refractivity contribution in [2.24, 2.45) is 10.1 Å². The maximum absolute atomic E-state index is 12.3. The predicted octanol–water partition coefficient (Wildman–Crippen LogP) is -0.206. The maximum Gasteiger partial charge on any atom is 0.344 e. The Morgan fingerprint density at radius 1 is 1.46 bits per heavy atom. The van der Waals surface area contributed by atoms with Crippen molar-refractivity contribution in [3.05, 3.63) is 18.3 Å². The number of fused-ring (bicyclic) bond motifs is 2. The number of pyridine rings is 1. The zero-order chi connectivity index (χ0) is 17.5. The van der Waals surface area contributed by atoms with E-state index in [4.69, 9.17) is 10.5 Å². The number of nitrogens with zero attached hydrogens (tertiary/aromatic N) is 4. The molecule has 2 aliphatic rings. The number of ether oxygens (including phenoxy) is 1. The molecule has 0 aromatic carbocycles. The number of methoxy groups -OCH3 is 1. The summed E-state index contributed by atoms with van der Waals surface area (Å²) >= 11 is 0. The second-order valence-corrected chi connectivity index (χ2v) is 7.10. The molecule has 3 N–H and O–H groups in total. The molecule has 130 valence electrons. The van der Waals surface area contributed by atoms with Crippen molar-refractivity contribution in [2.75, 3.05) is 13.7 Å². The molecule has 24 heavy (non-hydrogen) atoms. The summed E-state index contributed by atoms with van der Waals surface area (Å²) in [6.45, 7) is 0.289. The van der Waals surface area contributed by atoms with Gasteiger partial charge in [0.2, 0.25) is 0 Å². The van der Waals surface area contributed by atoms with E-state index in [0.717, 1.165) is 0 Å². The number of amides is 2. The Balaban J connectivity index is 1.85. The van der Waals surface area contributed by atoms with Crippen molar-refractivity contribution in [1.29, 1.82) is 0 Å². The van der Waals surface area contributed by atoms with Crippen molar-refractivity contribution in [3.8, 4) is 5.75 Å². The Bertz CT molecular complexity index is 778. The summed E-state index contributed by atoms with van der Waals surface area (Å²) in [5.41, 5.74) is 5.84. The standard InChI is InChI=1S/C13H17N5O5S/c1-23-9-3-5-11(15-6-9)24(21,22)16-12(14)10-4-2-8-7-17(10)13(19)18(8)20/h3,5-6,8,10,20H,2,4,7H2,1H3,(H2,14,16)/t8-,10+/m1/s1. The minimum atomic E-state index is -4.10. The second kappa shape index (κ2) is 5.91. The molecular weight excluding hydrogens is 338 g/mol. The summed E-state index contributed by atoms with van der Waals surface area (Å²) in [5.74, 6) is 0.213. The van der Waals surface area contributed by atoms with Crippen LogP contribution in [0.4, 0.5) is 4.79 Å². The molecule has 0 saturated carbocycles. The van der Waals surface area contributed by atoms with E-state index in [1.165, 1.54) is 30.3 Å². The highest BCUT2D eigenvalue weighted by Gasteiger charge is 2.45. The van der Waals surface area contributed by atoms with Crippen LogP contribution in [0.5, 0.6) is 5.75 Å². The minimum absolute atomic E-state index is 0.199. The van der Waals surface area contributed by atoms with E-state index in [2.05, 4.69) is 9.38 Å². The molecule has 1 aromatic rings. The summed E-state index contributed by atoms with van der Waals surface area (Å²) in [6, 6.07) is 1.16. The maximum atomic E-state index is 12.3. The van der Waals surface area contributed by atoms with Crippen molar-refractivity contribution in [3.63, 3.8) is 0 Å². The molecule has 3 rings (SSSR count). The number of hydrogen-bond acceptors (Lipinski definition) is 6. The average molecular weight is 355 g/mol. The van der Waals surface area contributed by atoms with Crippen molar-refractivity contribution in [2.45, 2.75) is 30.0 Å². The van der Waals surface area contributed by atoms with Crippen LogP contribution in [0.1, 0.15) is 12.8 Å². The van der Waals surface area contributed by atoms with E-state index < -0.39 is 22.1 Å². The van der Waals surface area contributed by atoms with Crippen LogP contribution in [0.3, 0.4) is 0 Å². The van der Waals surface area contributed by atoms with E-state index >= 15 is 0 Å². The summed E-state index contributed by atoms with van der Waals surface area (Å²) in [4.78, 5) is 17.0. The highest BCUT2D eigenvalue weighted by molar-refractivity contribution is 7.90. The highest BCUT2D eigenvalue weighted by Crippen LogP contribution is 2.28. The Hall–Kier alpha value is -2.40. The molecule has 2 saturated heterocycles. The molecular formula is C13H17N5O5S. The third-order valence-corrected chi connectivity index (χ3v) is 5.34. The van der Waals surface area contributed by atoms with Gasteiger partial charge in [-0.2, -0.15) is 8.42 Å². The lowest BCUT2D eigenvalue weighted by Crippen LogP contribution is -2.48. The van der Waals surface area contributed by atoms with Gasteiger partial charge >= 0.3 is 16.1 Å². The van der Waals surface area contributed by atoms with Crippen LogP contribution in [0.2, 0.25) is 0 Å². The van der Waals surface area contributed by atoms with Gasteiger partial charge in [-0.3, -0.25) is 5.21 Å². The van der Waals surface area contributed by atoms with Crippen LogP contribution in [0, 0.1) is 0 Å². The number of rotatable bonds is 4. The van der Waals surface area contributed by atoms with E-state index in [1.54, 1.807) is 0 Å². The van der Waals surface area contributed by atoms with Gasteiger partial charge in [0.1, 0.15) is 11.6 Å². The van der Waals surface area contributed by atoms with Gasteiger partial charge in [-0.15, -0.1) is 4.40 Å². The SMILES string of the molecule is COc1ccc(S(=O)(=O)N=C(N)[C@@H]2CC[C@@H]3CN2C(=O)N3O)nc1. The molecule has 1 aromatic heterocycles. The van der Waals surface area contributed by atoms with Crippen LogP contribution in [-0.2, 0) is 10.0 Å². The van der Waals surface area contributed by atoms with Gasteiger partial charge in [0.25, 0.3) is 0 Å². The van der Waals surface area contributed by atoms with E-state index in [1.807, 2.05) is 0 Å². The van der Waals surface area contributed by atoms with Crippen LogP contribution in [0.15, 0.2) is 27.8 Å². The first kappa shape index (κ1) is 16.5. The first-order valence-electron chi connectivity index (χ1n) is 7.22. The molecule has 0 spiro atoms. The summed E-state index contributed by atoms with van der Waals surface area (Å²) < 4.78 is 33.1. The molecule has 2 fully saturated rings. The summed E-state index contributed by atoms with van der Waals surface area (Å²) in [5, 5.41) is 10.0. The van der Waals surface area contributed by atoms with Crippen molar-refractivity contribution >= 4 is 21.9 Å². The lowest BCUT2D eigenvalue weighted by molar-refractivity contribution is -0.0583. The van der Waals surface area contributed by atoms with E-state index in [9.17, 15) is 18.4 Å².